The Morgan fingerprint density at radius 1 is 1.38 bits per heavy atom. The van der Waals surface area contributed by atoms with Crippen molar-refractivity contribution >= 4 is 0 Å². The van der Waals surface area contributed by atoms with Gasteiger partial charge >= 0.3 is 0 Å². The second-order valence-corrected chi connectivity index (χ2v) is 3.91. The third-order valence-electron chi connectivity index (χ3n) is 2.60. The Balaban J connectivity index is 2.35. The Kier molecular flexibility index (Phi) is 3.01. The molecule has 16 heavy (non-hydrogen) atoms. The molecular weight excluding hydrogens is 202 g/mol. The molecule has 2 rings (SSSR count). The fourth-order valence-corrected chi connectivity index (χ4v) is 1.47. The molecule has 84 valence electrons. The van der Waals surface area contributed by atoms with Crippen molar-refractivity contribution in [1.29, 1.82) is 0 Å². The Bertz CT molecular complexity index is 479. The van der Waals surface area contributed by atoms with Gasteiger partial charge < -0.3 is 10.3 Å². The van der Waals surface area contributed by atoms with Gasteiger partial charge in [-0.1, -0.05) is 36.3 Å². The molecule has 0 saturated carbocycles. The van der Waals surface area contributed by atoms with Crippen molar-refractivity contribution in [1.82, 2.24) is 10.1 Å². The van der Waals surface area contributed by atoms with Gasteiger partial charge in [0.05, 0.1) is 0 Å². The van der Waals surface area contributed by atoms with Gasteiger partial charge in [0, 0.05) is 18.0 Å². The number of aryl methyl sites for hydroxylation is 1. The lowest BCUT2D eigenvalue weighted by Crippen LogP contribution is -2.08. The summed E-state index contributed by atoms with van der Waals surface area (Å²) in [4.78, 5) is 4.35. The molecule has 2 N–H and O–H groups in total. The van der Waals surface area contributed by atoms with Gasteiger partial charge in [0.15, 0.2) is 0 Å². The number of rotatable bonds is 3. The monoisotopic (exact) mass is 217 g/mol. The van der Waals surface area contributed by atoms with Crippen LogP contribution in [-0.2, 0) is 0 Å². The first kappa shape index (κ1) is 10.8. The van der Waals surface area contributed by atoms with Gasteiger partial charge in [0.1, 0.15) is 0 Å². The van der Waals surface area contributed by atoms with E-state index in [9.17, 15) is 0 Å². The molecular formula is C12H15N3O. The van der Waals surface area contributed by atoms with Gasteiger partial charge in [-0.3, -0.25) is 0 Å². The fraction of sp³-hybridized carbons (Fsp3) is 0.333. The normalized spacial score (nSPS) is 12.7. The first-order valence-corrected chi connectivity index (χ1v) is 5.32. The first-order chi connectivity index (χ1) is 7.72. The van der Waals surface area contributed by atoms with Gasteiger partial charge in [-0.25, -0.2) is 0 Å². The Labute approximate surface area is 94.5 Å². The van der Waals surface area contributed by atoms with Gasteiger partial charge in [-0.2, -0.15) is 4.98 Å². The minimum atomic E-state index is 0.102. The zero-order chi connectivity index (χ0) is 11.5. The number of nitrogens with zero attached hydrogens (tertiary/aromatic N) is 2. The fourth-order valence-electron chi connectivity index (χ4n) is 1.47. The lowest BCUT2D eigenvalue weighted by Gasteiger charge is -2.00. The topological polar surface area (TPSA) is 64.9 Å². The molecule has 4 heteroatoms. The number of hydrogen-bond acceptors (Lipinski definition) is 4. The van der Waals surface area contributed by atoms with Crippen LogP contribution in [-0.4, -0.2) is 16.7 Å². The maximum atomic E-state index is 5.55. The molecule has 0 aliphatic carbocycles. The highest BCUT2D eigenvalue weighted by Crippen LogP contribution is 2.21. The van der Waals surface area contributed by atoms with Crippen LogP contribution in [0.2, 0.25) is 0 Å². The summed E-state index contributed by atoms with van der Waals surface area (Å²) in [5.41, 5.74) is 7.69. The van der Waals surface area contributed by atoms with Crippen LogP contribution in [0.15, 0.2) is 28.8 Å². The molecule has 0 amide bonds. The molecule has 1 unspecified atom stereocenters. The predicted octanol–water partition coefficient (Wildman–Crippen LogP) is 2.11. The van der Waals surface area contributed by atoms with E-state index < -0.39 is 0 Å². The summed E-state index contributed by atoms with van der Waals surface area (Å²) in [6, 6.07) is 7.96. The Morgan fingerprint density at radius 2 is 2.12 bits per heavy atom. The number of hydrogen-bond donors (Lipinski definition) is 1. The van der Waals surface area contributed by atoms with E-state index in [0.29, 0.717) is 18.3 Å². The van der Waals surface area contributed by atoms with Crippen molar-refractivity contribution in [2.24, 2.45) is 5.73 Å². The summed E-state index contributed by atoms with van der Waals surface area (Å²) in [7, 11) is 0. The van der Waals surface area contributed by atoms with Crippen molar-refractivity contribution in [3.63, 3.8) is 0 Å². The lowest BCUT2D eigenvalue weighted by molar-refractivity contribution is 0.361. The van der Waals surface area contributed by atoms with Crippen LogP contribution < -0.4 is 5.73 Å². The smallest absolute Gasteiger partial charge is 0.231 e. The van der Waals surface area contributed by atoms with E-state index in [1.54, 1.807) is 0 Å². The SMILES string of the molecule is Cc1ccccc1-c1noc(C(C)CN)n1. The van der Waals surface area contributed by atoms with Crippen molar-refractivity contribution in [2.75, 3.05) is 6.54 Å². The average molecular weight is 217 g/mol. The average Bonchev–Trinajstić information content (AvgIpc) is 2.78. The van der Waals surface area contributed by atoms with Crippen LogP contribution in [0.1, 0.15) is 24.3 Å². The third kappa shape index (κ3) is 1.97. The zero-order valence-corrected chi connectivity index (χ0v) is 9.47. The van der Waals surface area contributed by atoms with E-state index in [2.05, 4.69) is 10.1 Å². The quantitative estimate of drug-likeness (QED) is 0.855. The van der Waals surface area contributed by atoms with Crippen molar-refractivity contribution in [3.8, 4) is 11.4 Å². The zero-order valence-electron chi connectivity index (χ0n) is 9.47. The molecule has 0 bridgehead atoms. The number of nitrogens with two attached hydrogens (primary N) is 1. The molecule has 0 saturated heterocycles. The summed E-state index contributed by atoms with van der Waals surface area (Å²) in [5, 5.41) is 3.97. The highest BCUT2D eigenvalue weighted by molar-refractivity contribution is 5.58. The van der Waals surface area contributed by atoms with E-state index in [1.807, 2.05) is 38.1 Å². The van der Waals surface area contributed by atoms with E-state index in [0.717, 1.165) is 11.1 Å². The highest BCUT2D eigenvalue weighted by Gasteiger charge is 2.14. The first-order valence-electron chi connectivity index (χ1n) is 5.32. The standard InChI is InChI=1S/C12H15N3O/c1-8-5-3-4-6-10(8)11-14-12(16-15-11)9(2)7-13/h3-6,9H,7,13H2,1-2H3. The summed E-state index contributed by atoms with van der Waals surface area (Å²) < 4.78 is 5.19. The minimum absolute atomic E-state index is 0.102. The molecule has 4 nitrogen and oxygen atoms in total. The molecule has 1 heterocycles. The van der Waals surface area contributed by atoms with Crippen LogP contribution in [0, 0.1) is 6.92 Å². The van der Waals surface area contributed by atoms with Gasteiger partial charge in [0.2, 0.25) is 11.7 Å². The van der Waals surface area contributed by atoms with Crippen LogP contribution in [0.5, 0.6) is 0 Å². The Morgan fingerprint density at radius 3 is 2.81 bits per heavy atom. The van der Waals surface area contributed by atoms with E-state index in [4.69, 9.17) is 10.3 Å². The second-order valence-electron chi connectivity index (χ2n) is 3.91. The summed E-state index contributed by atoms with van der Waals surface area (Å²) in [6.07, 6.45) is 0. The number of benzene rings is 1. The van der Waals surface area contributed by atoms with Crippen LogP contribution >= 0.6 is 0 Å². The van der Waals surface area contributed by atoms with Crippen LogP contribution in [0.3, 0.4) is 0 Å². The maximum Gasteiger partial charge on any atom is 0.231 e. The van der Waals surface area contributed by atoms with Gasteiger partial charge in [-0.15, -0.1) is 0 Å². The minimum Gasteiger partial charge on any atom is -0.339 e. The largest absolute Gasteiger partial charge is 0.339 e. The van der Waals surface area contributed by atoms with Crippen molar-refractivity contribution in [3.05, 3.63) is 35.7 Å². The number of aromatic nitrogens is 2. The maximum absolute atomic E-state index is 5.55. The van der Waals surface area contributed by atoms with Crippen molar-refractivity contribution in [2.45, 2.75) is 19.8 Å². The van der Waals surface area contributed by atoms with Crippen LogP contribution in [0.25, 0.3) is 11.4 Å². The van der Waals surface area contributed by atoms with E-state index in [-0.39, 0.29) is 5.92 Å². The van der Waals surface area contributed by atoms with E-state index >= 15 is 0 Å². The molecule has 1 atom stereocenters. The van der Waals surface area contributed by atoms with Crippen LogP contribution in [0.4, 0.5) is 0 Å². The molecule has 0 fully saturated rings. The highest BCUT2D eigenvalue weighted by atomic mass is 16.5. The van der Waals surface area contributed by atoms with E-state index in [1.165, 1.54) is 0 Å². The summed E-state index contributed by atoms with van der Waals surface area (Å²) in [6.45, 7) is 4.50. The summed E-state index contributed by atoms with van der Waals surface area (Å²) >= 11 is 0. The molecule has 1 aromatic heterocycles. The lowest BCUT2D eigenvalue weighted by atomic mass is 10.1. The molecule has 0 aliphatic heterocycles. The van der Waals surface area contributed by atoms with Gasteiger partial charge in [0.25, 0.3) is 0 Å². The Hall–Kier alpha value is -1.68. The molecule has 2 aromatic rings. The summed E-state index contributed by atoms with van der Waals surface area (Å²) in [5.74, 6) is 1.33. The molecule has 0 radical (unpaired) electrons. The molecule has 1 aromatic carbocycles. The van der Waals surface area contributed by atoms with Gasteiger partial charge in [-0.05, 0) is 12.5 Å². The van der Waals surface area contributed by atoms with Crippen molar-refractivity contribution < 1.29 is 4.52 Å². The second kappa shape index (κ2) is 4.45. The molecule has 0 aliphatic rings. The molecule has 0 spiro atoms. The predicted molar refractivity (Wildman–Crippen MR) is 61.9 cm³/mol. The third-order valence-corrected chi connectivity index (χ3v) is 2.60.